The van der Waals surface area contributed by atoms with Gasteiger partial charge >= 0.3 is 0 Å². The molecule has 0 radical (unpaired) electrons. The van der Waals surface area contributed by atoms with Gasteiger partial charge in [0.05, 0.1) is 12.4 Å². The summed E-state index contributed by atoms with van der Waals surface area (Å²) >= 11 is 1.17. The van der Waals surface area contributed by atoms with E-state index in [1.807, 2.05) is 0 Å². The molecule has 0 aliphatic carbocycles. The summed E-state index contributed by atoms with van der Waals surface area (Å²) in [6, 6.07) is 0. The van der Waals surface area contributed by atoms with Gasteiger partial charge in [0.15, 0.2) is 6.61 Å². The molecule has 0 spiro atoms. The topological polar surface area (TPSA) is 153 Å². The monoisotopic (exact) mass is 449 g/mol. The summed E-state index contributed by atoms with van der Waals surface area (Å²) in [5, 5.41) is 4.60. The van der Waals surface area contributed by atoms with E-state index in [-0.39, 0.29) is 35.7 Å². The molecule has 158 valence electrons. The highest BCUT2D eigenvalue weighted by Gasteiger charge is 2.42. The summed E-state index contributed by atoms with van der Waals surface area (Å²) in [4.78, 5) is 29.0. The third-order valence-corrected chi connectivity index (χ3v) is 7.14. The fourth-order valence-corrected chi connectivity index (χ4v) is 4.89. The molecule has 1 aliphatic heterocycles. The molecule has 1 atom stereocenters. The molecule has 3 N–H and O–H groups in total. The Morgan fingerprint density at radius 1 is 1.43 bits per heavy atom. The third kappa shape index (κ3) is 4.50. The number of aromatic nitrogens is 3. The van der Waals surface area contributed by atoms with Crippen LogP contribution in [0.15, 0.2) is 22.8 Å². The first-order valence-corrected chi connectivity index (χ1v) is 11.1. The Morgan fingerprint density at radius 3 is 2.83 bits per heavy atom. The lowest BCUT2D eigenvalue weighted by Gasteiger charge is -2.32. The van der Waals surface area contributed by atoms with Gasteiger partial charge in [0.1, 0.15) is 27.8 Å². The molecule has 3 rings (SSSR count). The number of hydrogen-bond acceptors (Lipinski definition) is 10. The van der Waals surface area contributed by atoms with E-state index in [0.29, 0.717) is 5.01 Å². The van der Waals surface area contributed by atoms with Crippen LogP contribution >= 0.6 is 11.3 Å². The van der Waals surface area contributed by atoms with Crippen molar-refractivity contribution in [1.82, 2.24) is 19.3 Å². The molecule has 1 aliphatic rings. The van der Waals surface area contributed by atoms with Gasteiger partial charge in [-0.1, -0.05) is 5.92 Å². The van der Waals surface area contributed by atoms with Gasteiger partial charge in [-0.15, -0.1) is 17.3 Å². The van der Waals surface area contributed by atoms with Crippen LogP contribution in [-0.4, -0.2) is 58.9 Å². The highest BCUT2D eigenvalue weighted by atomic mass is 32.2. The fourth-order valence-electron chi connectivity index (χ4n) is 2.51. The van der Waals surface area contributed by atoms with Gasteiger partial charge in [0.2, 0.25) is 21.9 Å². The number of amides is 1. The van der Waals surface area contributed by atoms with E-state index in [2.05, 4.69) is 37.1 Å². The smallest absolute Gasteiger partial charge is 0.277 e. The van der Waals surface area contributed by atoms with Gasteiger partial charge in [-0.25, -0.2) is 32.7 Å². The zero-order chi connectivity index (χ0) is 21.9. The summed E-state index contributed by atoms with van der Waals surface area (Å²) in [5.74, 6) is 4.98. The minimum Gasteiger partial charge on any atom is -0.463 e. The zero-order valence-electron chi connectivity index (χ0n) is 16.4. The van der Waals surface area contributed by atoms with Crippen molar-refractivity contribution in [2.75, 3.05) is 24.7 Å². The molecule has 3 heterocycles. The van der Waals surface area contributed by atoms with Crippen molar-refractivity contribution in [2.45, 2.75) is 19.4 Å². The number of aliphatic imine (C=N–C) groups is 1. The first-order valence-electron chi connectivity index (χ1n) is 8.58. The molecular formula is C17H19N7O4S2. The van der Waals surface area contributed by atoms with E-state index in [0.717, 1.165) is 4.31 Å². The quantitative estimate of drug-likeness (QED) is 0.622. The van der Waals surface area contributed by atoms with Crippen LogP contribution in [0.25, 0.3) is 0 Å². The van der Waals surface area contributed by atoms with Crippen LogP contribution in [0.1, 0.15) is 29.3 Å². The number of carbonyl (C=O) groups excluding carboxylic acids is 1. The van der Waals surface area contributed by atoms with E-state index in [9.17, 15) is 13.2 Å². The van der Waals surface area contributed by atoms with Gasteiger partial charge in [0.25, 0.3) is 5.91 Å². The number of thiazole rings is 1. The van der Waals surface area contributed by atoms with Crippen LogP contribution in [0.4, 0.5) is 5.82 Å². The average molecular weight is 450 g/mol. The van der Waals surface area contributed by atoms with Gasteiger partial charge in [-0.3, -0.25) is 4.79 Å². The molecule has 30 heavy (non-hydrogen) atoms. The zero-order valence-corrected chi connectivity index (χ0v) is 18.0. The number of sulfonamides is 1. The Morgan fingerprint density at radius 2 is 2.20 bits per heavy atom. The molecule has 0 aromatic carbocycles. The summed E-state index contributed by atoms with van der Waals surface area (Å²) in [5.41, 5.74) is 4.67. The van der Waals surface area contributed by atoms with Gasteiger partial charge in [-0.2, -0.15) is 0 Å². The molecule has 0 bridgehead atoms. The van der Waals surface area contributed by atoms with Crippen molar-refractivity contribution in [2.24, 2.45) is 10.7 Å². The van der Waals surface area contributed by atoms with Gasteiger partial charge < -0.3 is 15.8 Å². The average Bonchev–Trinajstić information content (AvgIpc) is 3.16. The number of guanidine groups is 1. The van der Waals surface area contributed by atoms with E-state index in [4.69, 9.17) is 10.5 Å². The second-order valence-corrected chi connectivity index (χ2v) is 9.27. The lowest BCUT2D eigenvalue weighted by Crippen LogP contribution is -2.50. The first kappa shape index (κ1) is 21.5. The van der Waals surface area contributed by atoms with Crippen LogP contribution in [-0.2, 0) is 15.6 Å². The lowest BCUT2D eigenvalue weighted by molar-refractivity contribution is 0.102. The van der Waals surface area contributed by atoms with E-state index < -0.39 is 21.5 Å². The van der Waals surface area contributed by atoms with Crippen LogP contribution in [0.2, 0.25) is 0 Å². The largest absolute Gasteiger partial charge is 0.463 e. The Bertz CT molecular complexity index is 1150. The number of hydrogen-bond donors (Lipinski definition) is 2. The van der Waals surface area contributed by atoms with Gasteiger partial charge in [-0.05, 0) is 13.8 Å². The summed E-state index contributed by atoms with van der Waals surface area (Å²) in [7, 11) is -2.27. The molecule has 13 heteroatoms. The van der Waals surface area contributed by atoms with Crippen LogP contribution in [0, 0.1) is 11.8 Å². The Hall–Kier alpha value is -3.24. The summed E-state index contributed by atoms with van der Waals surface area (Å²) in [6.07, 6.45) is 2.59. The van der Waals surface area contributed by atoms with E-state index >= 15 is 0 Å². The van der Waals surface area contributed by atoms with Crippen LogP contribution in [0.5, 0.6) is 5.88 Å². The number of nitrogens with zero attached hydrogens (tertiary/aromatic N) is 5. The number of nitrogens with one attached hydrogen (secondary N) is 1. The maximum atomic E-state index is 12.4. The van der Waals surface area contributed by atoms with Crippen LogP contribution < -0.4 is 15.8 Å². The third-order valence-electron chi connectivity index (χ3n) is 4.10. The van der Waals surface area contributed by atoms with Crippen molar-refractivity contribution in [3.05, 3.63) is 28.5 Å². The summed E-state index contributed by atoms with van der Waals surface area (Å²) in [6.45, 7) is 3.50. The van der Waals surface area contributed by atoms with Crippen molar-refractivity contribution in [3.8, 4) is 17.7 Å². The highest BCUT2D eigenvalue weighted by Crippen LogP contribution is 2.34. The molecule has 2 aromatic heterocycles. The standard InChI is InChI=1S/C17H19N7O4S2/c1-4-5-6-28-13-8-19-11(7-20-13)14(25)21-12-9-29-15(22-12)17(2)10-30(26,27)24(3)16(18)23-17/h7-9H,6,10H2,1-3H3,(H2,18,23)(H,21,25)/t17-/m0/s1. The second-order valence-electron chi connectivity index (χ2n) is 6.41. The number of carbonyl (C=O) groups is 1. The minimum atomic E-state index is -3.62. The maximum absolute atomic E-state index is 12.4. The normalized spacial score (nSPS) is 20.0. The van der Waals surface area contributed by atoms with Crippen molar-refractivity contribution >= 4 is 39.0 Å². The van der Waals surface area contributed by atoms with Crippen molar-refractivity contribution in [3.63, 3.8) is 0 Å². The Labute approximate surface area is 177 Å². The lowest BCUT2D eigenvalue weighted by atomic mass is 10.1. The molecule has 0 saturated heterocycles. The molecule has 0 fully saturated rings. The number of anilines is 1. The predicted molar refractivity (Wildman–Crippen MR) is 112 cm³/mol. The second kappa shape index (κ2) is 8.25. The summed E-state index contributed by atoms with van der Waals surface area (Å²) < 4.78 is 30.8. The predicted octanol–water partition coefficient (Wildman–Crippen LogP) is 0.393. The Balaban J connectivity index is 1.72. The first-order chi connectivity index (χ1) is 14.1. The molecule has 0 saturated carbocycles. The number of rotatable bonds is 5. The Kier molecular flexibility index (Phi) is 5.90. The van der Waals surface area contributed by atoms with E-state index in [1.165, 1.54) is 30.8 Å². The molecule has 11 nitrogen and oxygen atoms in total. The van der Waals surface area contributed by atoms with E-state index in [1.54, 1.807) is 19.2 Å². The minimum absolute atomic E-state index is 0.0637. The molecule has 2 aromatic rings. The SMILES string of the molecule is CC#CCOc1cnc(C(=O)Nc2csc([C@]3(C)CS(=O)(=O)N(C)C(N)=N3)n2)cn1. The highest BCUT2D eigenvalue weighted by molar-refractivity contribution is 7.89. The maximum Gasteiger partial charge on any atom is 0.277 e. The van der Waals surface area contributed by atoms with Crippen molar-refractivity contribution < 1.29 is 17.9 Å². The van der Waals surface area contributed by atoms with Crippen LogP contribution in [0.3, 0.4) is 0 Å². The molecule has 1 amide bonds. The van der Waals surface area contributed by atoms with Gasteiger partial charge in [0, 0.05) is 12.4 Å². The molecular weight excluding hydrogens is 430 g/mol. The number of ether oxygens (including phenoxy) is 1. The van der Waals surface area contributed by atoms with Crippen molar-refractivity contribution in [1.29, 1.82) is 0 Å². The fraction of sp³-hybridized carbons (Fsp3) is 0.353. The number of nitrogens with two attached hydrogens (primary N) is 1. The molecule has 0 unspecified atom stereocenters.